The van der Waals surface area contributed by atoms with Gasteiger partial charge in [-0.25, -0.2) is 4.98 Å². The number of hydrogen-bond donors (Lipinski definition) is 1. The lowest BCUT2D eigenvalue weighted by Gasteiger charge is -2.36. The standard InChI is InChI=1S/C19H31N5O/c1-14-5-4-6-17(11-14)22-18(25)13-23-7-9-24(10-8-23)19-16(3)20-12-15(2)21-19/h12,14,17H,4-11,13H2,1-3H3,(H,22,25). The van der Waals surface area contributed by atoms with Gasteiger partial charge in [-0.2, -0.15) is 0 Å². The van der Waals surface area contributed by atoms with E-state index >= 15 is 0 Å². The molecule has 6 nitrogen and oxygen atoms in total. The Morgan fingerprint density at radius 2 is 2.00 bits per heavy atom. The molecular weight excluding hydrogens is 314 g/mol. The number of rotatable bonds is 4. The zero-order chi connectivity index (χ0) is 17.8. The summed E-state index contributed by atoms with van der Waals surface area (Å²) >= 11 is 0. The molecule has 138 valence electrons. The van der Waals surface area contributed by atoms with Crippen LogP contribution in [0.3, 0.4) is 0 Å². The van der Waals surface area contributed by atoms with Crippen LogP contribution in [-0.2, 0) is 4.79 Å². The van der Waals surface area contributed by atoms with Gasteiger partial charge in [-0.05, 0) is 32.6 Å². The first-order chi connectivity index (χ1) is 12.0. The van der Waals surface area contributed by atoms with Gasteiger partial charge in [-0.1, -0.05) is 19.8 Å². The molecule has 0 spiro atoms. The quantitative estimate of drug-likeness (QED) is 0.903. The zero-order valence-corrected chi connectivity index (χ0v) is 15.8. The van der Waals surface area contributed by atoms with E-state index in [0.29, 0.717) is 12.6 Å². The van der Waals surface area contributed by atoms with Gasteiger partial charge in [0.15, 0.2) is 0 Å². The minimum absolute atomic E-state index is 0.180. The number of aromatic nitrogens is 2. The molecule has 2 unspecified atom stereocenters. The summed E-state index contributed by atoms with van der Waals surface area (Å²) in [6.07, 6.45) is 6.61. The van der Waals surface area contributed by atoms with Crippen LogP contribution in [-0.4, -0.2) is 59.5 Å². The maximum atomic E-state index is 12.3. The van der Waals surface area contributed by atoms with Crippen molar-refractivity contribution in [3.63, 3.8) is 0 Å². The Bertz CT molecular complexity index is 597. The normalized spacial score (nSPS) is 25.0. The van der Waals surface area contributed by atoms with Crippen molar-refractivity contribution in [3.8, 4) is 0 Å². The molecule has 3 rings (SSSR count). The van der Waals surface area contributed by atoms with Gasteiger partial charge in [-0.15, -0.1) is 0 Å². The van der Waals surface area contributed by atoms with E-state index in [1.165, 1.54) is 12.8 Å². The number of nitrogens with zero attached hydrogens (tertiary/aromatic N) is 4. The maximum absolute atomic E-state index is 12.3. The average molecular weight is 345 g/mol. The lowest BCUT2D eigenvalue weighted by Crippen LogP contribution is -2.51. The summed E-state index contributed by atoms with van der Waals surface area (Å²) in [7, 11) is 0. The molecule has 1 amide bonds. The number of hydrogen-bond acceptors (Lipinski definition) is 5. The van der Waals surface area contributed by atoms with Gasteiger partial charge in [0.25, 0.3) is 0 Å². The van der Waals surface area contributed by atoms with Crippen molar-refractivity contribution in [2.24, 2.45) is 5.92 Å². The summed E-state index contributed by atoms with van der Waals surface area (Å²) in [5.41, 5.74) is 1.92. The van der Waals surface area contributed by atoms with Crippen molar-refractivity contribution < 1.29 is 4.79 Å². The number of carbonyl (C=O) groups excluding carboxylic acids is 1. The Balaban J connectivity index is 1.46. The molecule has 2 atom stereocenters. The summed E-state index contributed by atoms with van der Waals surface area (Å²) in [5, 5.41) is 3.24. The van der Waals surface area contributed by atoms with Crippen LogP contribution in [0.1, 0.15) is 44.0 Å². The molecule has 2 fully saturated rings. The van der Waals surface area contributed by atoms with Gasteiger partial charge >= 0.3 is 0 Å². The Morgan fingerprint density at radius 3 is 2.72 bits per heavy atom. The van der Waals surface area contributed by atoms with Gasteiger partial charge in [0.05, 0.1) is 17.9 Å². The van der Waals surface area contributed by atoms with E-state index < -0.39 is 0 Å². The molecule has 1 aliphatic carbocycles. The van der Waals surface area contributed by atoms with E-state index in [0.717, 1.165) is 62.1 Å². The SMILES string of the molecule is Cc1cnc(C)c(N2CCN(CC(=O)NC3CCCC(C)C3)CC2)n1. The van der Waals surface area contributed by atoms with Crippen LogP contribution in [0.25, 0.3) is 0 Å². The highest BCUT2D eigenvalue weighted by atomic mass is 16.2. The second-order valence-electron chi connectivity index (χ2n) is 7.72. The monoisotopic (exact) mass is 345 g/mol. The fraction of sp³-hybridized carbons (Fsp3) is 0.737. The van der Waals surface area contributed by atoms with E-state index in [-0.39, 0.29) is 5.91 Å². The van der Waals surface area contributed by atoms with Gasteiger partial charge in [-0.3, -0.25) is 14.7 Å². The molecule has 1 aromatic heterocycles. The first kappa shape index (κ1) is 18.1. The summed E-state index contributed by atoms with van der Waals surface area (Å²) in [6.45, 7) is 10.4. The van der Waals surface area contributed by atoms with E-state index in [4.69, 9.17) is 0 Å². The summed E-state index contributed by atoms with van der Waals surface area (Å²) in [5.74, 6) is 1.90. The fourth-order valence-electron chi connectivity index (χ4n) is 3.98. The van der Waals surface area contributed by atoms with Crippen molar-refractivity contribution in [2.75, 3.05) is 37.6 Å². The highest BCUT2D eigenvalue weighted by molar-refractivity contribution is 5.78. The van der Waals surface area contributed by atoms with Crippen LogP contribution in [0, 0.1) is 19.8 Å². The van der Waals surface area contributed by atoms with Crippen LogP contribution >= 0.6 is 0 Å². The lowest BCUT2D eigenvalue weighted by molar-refractivity contribution is -0.123. The fourth-order valence-corrected chi connectivity index (χ4v) is 3.98. The third-order valence-electron chi connectivity index (χ3n) is 5.39. The van der Waals surface area contributed by atoms with Gasteiger partial charge < -0.3 is 10.2 Å². The lowest BCUT2D eigenvalue weighted by atomic mass is 9.87. The molecule has 0 aromatic carbocycles. The Labute approximate surface area is 151 Å². The van der Waals surface area contributed by atoms with Crippen molar-refractivity contribution in [1.82, 2.24) is 20.2 Å². The summed E-state index contributed by atoms with van der Waals surface area (Å²) < 4.78 is 0. The van der Waals surface area contributed by atoms with Crippen LogP contribution in [0.15, 0.2) is 6.20 Å². The predicted octanol–water partition coefficient (Wildman–Crippen LogP) is 1.91. The Kier molecular flexibility index (Phi) is 5.89. The maximum Gasteiger partial charge on any atom is 0.234 e. The molecule has 6 heteroatoms. The van der Waals surface area contributed by atoms with E-state index in [9.17, 15) is 4.79 Å². The van der Waals surface area contributed by atoms with Crippen molar-refractivity contribution in [2.45, 2.75) is 52.5 Å². The van der Waals surface area contributed by atoms with Gasteiger partial charge in [0.2, 0.25) is 5.91 Å². The van der Waals surface area contributed by atoms with Crippen molar-refractivity contribution >= 4 is 11.7 Å². The van der Waals surface area contributed by atoms with Crippen LogP contribution in [0.4, 0.5) is 5.82 Å². The highest BCUT2D eigenvalue weighted by Gasteiger charge is 2.24. The van der Waals surface area contributed by atoms with E-state index in [1.807, 2.05) is 20.0 Å². The second-order valence-corrected chi connectivity index (χ2v) is 7.72. The summed E-state index contributed by atoms with van der Waals surface area (Å²) in [4.78, 5) is 25.9. The molecular formula is C19H31N5O. The van der Waals surface area contributed by atoms with Crippen LogP contribution < -0.4 is 10.2 Å². The molecule has 2 heterocycles. The zero-order valence-electron chi connectivity index (χ0n) is 15.8. The van der Waals surface area contributed by atoms with Crippen LogP contribution in [0.5, 0.6) is 0 Å². The topological polar surface area (TPSA) is 61.4 Å². The molecule has 1 saturated heterocycles. The number of nitrogens with one attached hydrogen (secondary N) is 1. The average Bonchev–Trinajstić information content (AvgIpc) is 2.58. The van der Waals surface area contributed by atoms with E-state index in [2.05, 4.69) is 32.0 Å². The molecule has 0 bridgehead atoms. The van der Waals surface area contributed by atoms with Crippen LogP contribution in [0.2, 0.25) is 0 Å². The van der Waals surface area contributed by atoms with Gasteiger partial charge in [0.1, 0.15) is 5.82 Å². The molecule has 1 saturated carbocycles. The molecule has 1 aromatic rings. The van der Waals surface area contributed by atoms with Crippen molar-refractivity contribution in [1.29, 1.82) is 0 Å². The number of amides is 1. The molecule has 25 heavy (non-hydrogen) atoms. The number of piperazine rings is 1. The third-order valence-corrected chi connectivity index (χ3v) is 5.39. The highest BCUT2D eigenvalue weighted by Crippen LogP contribution is 2.23. The van der Waals surface area contributed by atoms with Gasteiger partial charge in [0, 0.05) is 38.4 Å². The molecule has 1 N–H and O–H groups in total. The minimum atomic E-state index is 0.180. The number of anilines is 1. The first-order valence-electron chi connectivity index (χ1n) is 9.58. The molecule has 1 aliphatic heterocycles. The van der Waals surface area contributed by atoms with E-state index in [1.54, 1.807) is 0 Å². The minimum Gasteiger partial charge on any atom is -0.353 e. The Morgan fingerprint density at radius 1 is 1.24 bits per heavy atom. The Hall–Kier alpha value is -1.69. The number of aryl methyl sites for hydroxylation is 2. The molecule has 2 aliphatic rings. The largest absolute Gasteiger partial charge is 0.353 e. The number of carbonyl (C=O) groups is 1. The second kappa shape index (κ2) is 8.13. The first-order valence-corrected chi connectivity index (χ1v) is 9.58. The molecule has 0 radical (unpaired) electrons. The summed E-state index contributed by atoms with van der Waals surface area (Å²) in [6, 6.07) is 0.378. The third kappa shape index (κ3) is 4.91. The predicted molar refractivity (Wildman–Crippen MR) is 99.7 cm³/mol. The van der Waals surface area contributed by atoms with Crippen molar-refractivity contribution in [3.05, 3.63) is 17.6 Å². The smallest absolute Gasteiger partial charge is 0.234 e.